The Labute approximate surface area is 120 Å². The van der Waals surface area contributed by atoms with Gasteiger partial charge < -0.3 is 19.7 Å². The molecule has 1 aliphatic rings. The molecule has 2 rings (SSSR count). The molecule has 0 amide bonds. The van der Waals surface area contributed by atoms with Crippen LogP contribution in [0.15, 0.2) is 4.52 Å². The van der Waals surface area contributed by atoms with Crippen molar-refractivity contribution in [3.05, 3.63) is 11.7 Å². The maximum absolute atomic E-state index is 5.95. The van der Waals surface area contributed by atoms with Crippen molar-refractivity contribution in [2.24, 2.45) is 5.73 Å². The van der Waals surface area contributed by atoms with E-state index in [1.165, 1.54) is 12.8 Å². The van der Waals surface area contributed by atoms with Gasteiger partial charge in [0.15, 0.2) is 5.82 Å². The summed E-state index contributed by atoms with van der Waals surface area (Å²) in [7, 11) is 0. The number of rotatable bonds is 8. The lowest BCUT2D eigenvalue weighted by atomic mass is 10.0. The van der Waals surface area contributed by atoms with Gasteiger partial charge in [0.1, 0.15) is 0 Å². The summed E-state index contributed by atoms with van der Waals surface area (Å²) in [4.78, 5) is 4.33. The SMILES string of the molecule is CCCOCC(N)c1noc(CCC2CCCCO2)n1. The van der Waals surface area contributed by atoms with E-state index >= 15 is 0 Å². The van der Waals surface area contributed by atoms with Crippen LogP contribution in [-0.4, -0.2) is 36.1 Å². The summed E-state index contributed by atoms with van der Waals surface area (Å²) < 4.78 is 16.3. The monoisotopic (exact) mass is 283 g/mol. The Bertz CT molecular complexity index is 377. The van der Waals surface area contributed by atoms with Gasteiger partial charge in [-0.1, -0.05) is 12.1 Å². The van der Waals surface area contributed by atoms with Gasteiger partial charge in [-0.15, -0.1) is 0 Å². The molecule has 6 nitrogen and oxygen atoms in total. The molecule has 2 heterocycles. The Kier molecular flexibility index (Phi) is 6.42. The molecule has 2 atom stereocenters. The van der Waals surface area contributed by atoms with Gasteiger partial charge in [-0.3, -0.25) is 0 Å². The molecular formula is C14H25N3O3. The van der Waals surface area contributed by atoms with Crippen molar-refractivity contribution in [1.29, 1.82) is 0 Å². The first kappa shape index (κ1) is 15.4. The van der Waals surface area contributed by atoms with Gasteiger partial charge in [-0.2, -0.15) is 4.98 Å². The van der Waals surface area contributed by atoms with Crippen LogP contribution in [0, 0.1) is 0 Å². The minimum absolute atomic E-state index is 0.315. The van der Waals surface area contributed by atoms with Crippen molar-refractivity contribution in [3.8, 4) is 0 Å². The largest absolute Gasteiger partial charge is 0.379 e. The van der Waals surface area contributed by atoms with Gasteiger partial charge in [-0.25, -0.2) is 0 Å². The molecule has 2 N–H and O–H groups in total. The van der Waals surface area contributed by atoms with E-state index in [9.17, 15) is 0 Å². The molecular weight excluding hydrogens is 258 g/mol. The maximum atomic E-state index is 5.95. The van der Waals surface area contributed by atoms with Crippen LogP contribution in [0.4, 0.5) is 0 Å². The summed E-state index contributed by atoms with van der Waals surface area (Å²) in [6.45, 7) is 4.07. The Morgan fingerprint density at radius 3 is 3.10 bits per heavy atom. The van der Waals surface area contributed by atoms with E-state index < -0.39 is 0 Å². The third kappa shape index (κ3) is 4.85. The van der Waals surface area contributed by atoms with Crippen LogP contribution in [0.2, 0.25) is 0 Å². The number of nitrogens with two attached hydrogens (primary N) is 1. The summed E-state index contributed by atoms with van der Waals surface area (Å²) >= 11 is 0. The predicted octanol–water partition coefficient (Wildman–Crippen LogP) is 2.00. The number of aromatic nitrogens is 2. The number of ether oxygens (including phenoxy) is 2. The maximum Gasteiger partial charge on any atom is 0.226 e. The van der Waals surface area contributed by atoms with Crippen LogP contribution in [0.3, 0.4) is 0 Å². The molecule has 1 aliphatic heterocycles. The molecule has 0 bridgehead atoms. The van der Waals surface area contributed by atoms with Crippen LogP contribution in [0.5, 0.6) is 0 Å². The topological polar surface area (TPSA) is 83.4 Å². The molecule has 114 valence electrons. The highest BCUT2D eigenvalue weighted by Crippen LogP contribution is 2.17. The molecule has 0 spiro atoms. The van der Waals surface area contributed by atoms with E-state index in [0.717, 1.165) is 32.3 Å². The standard InChI is InChI=1S/C14H25N3O3/c1-2-8-18-10-12(15)14-16-13(20-17-14)7-6-11-5-3-4-9-19-11/h11-12H,2-10,15H2,1H3. The number of nitrogens with zero attached hydrogens (tertiary/aromatic N) is 2. The highest BCUT2D eigenvalue weighted by molar-refractivity contribution is 4.93. The zero-order valence-electron chi connectivity index (χ0n) is 12.2. The lowest BCUT2D eigenvalue weighted by Gasteiger charge is -2.21. The molecule has 0 radical (unpaired) electrons. The minimum atomic E-state index is -0.315. The fourth-order valence-corrected chi connectivity index (χ4v) is 2.27. The smallest absolute Gasteiger partial charge is 0.226 e. The van der Waals surface area contributed by atoms with Crippen LogP contribution in [0.1, 0.15) is 56.8 Å². The quantitative estimate of drug-likeness (QED) is 0.735. The molecule has 2 unspecified atom stereocenters. The highest BCUT2D eigenvalue weighted by atomic mass is 16.5. The molecule has 0 aromatic carbocycles. The van der Waals surface area contributed by atoms with Crippen LogP contribution in [-0.2, 0) is 15.9 Å². The Hall–Kier alpha value is -0.980. The molecule has 20 heavy (non-hydrogen) atoms. The van der Waals surface area contributed by atoms with Crippen LogP contribution in [0.25, 0.3) is 0 Å². The van der Waals surface area contributed by atoms with Gasteiger partial charge in [0, 0.05) is 19.6 Å². The van der Waals surface area contributed by atoms with Gasteiger partial charge >= 0.3 is 0 Å². The zero-order valence-corrected chi connectivity index (χ0v) is 12.2. The van der Waals surface area contributed by atoms with Crippen LogP contribution >= 0.6 is 0 Å². The Morgan fingerprint density at radius 2 is 2.35 bits per heavy atom. The summed E-state index contributed by atoms with van der Waals surface area (Å²) in [5.74, 6) is 1.17. The molecule has 1 fully saturated rings. The average molecular weight is 283 g/mol. The van der Waals surface area contributed by atoms with Crippen LogP contribution < -0.4 is 5.73 Å². The van der Waals surface area contributed by atoms with Crippen molar-refractivity contribution in [2.45, 2.75) is 57.6 Å². The van der Waals surface area contributed by atoms with Gasteiger partial charge in [0.05, 0.1) is 18.8 Å². The Balaban J connectivity index is 1.73. The number of aryl methyl sites for hydroxylation is 1. The highest BCUT2D eigenvalue weighted by Gasteiger charge is 2.17. The van der Waals surface area contributed by atoms with Crippen molar-refractivity contribution >= 4 is 0 Å². The average Bonchev–Trinajstić information content (AvgIpc) is 2.95. The first-order chi connectivity index (χ1) is 9.79. The normalized spacial score (nSPS) is 21.0. The summed E-state index contributed by atoms with van der Waals surface area (Å²) in [6.07, 6.45) is 6.55. The lowest BCUT2D eigenvalue weighted by molar-refractivity contribution is 0.0104. The fraction of sp³-hybridized carbons (Fsp3) is 0.857. The third-order valence-electron chi connectivity index (χ3n) is 3.42. The van der Waals surface area contributed by atoms with Crippen molar-refractivity contribution in [1.82, 2.24) is 10.1 Å². The van der Waals surface area contributed by atoms with Crippen molar-refractivity contribution in [2.75, 3.05) is 19.8 Å². The summed E-state index contributed by atoms with van der Waals surface area (Å²) in [6, 6.07) is -0.315. The molecule has 0 saturated carbocycles. The lowest BCUT2D eigenvalue weighted by Crippen LogP contribution is -2.20. The molecule has 1 aromatic rings. The van der Waals surface area contributed by atoms with E-state index in [-0.39, 0.29) is 6.04 Å². The second kappa shape index (κ2) is 8.34. The first-order valence-corrected chi connectivity index (χ1v) is 7.57. The van der Waals surface area contributed by atoms with E-state index in [4.69, 9.17) is 19.7 Å². The first-order valence-electron chi connectivity index (χ1n) is 7.57. The van der Waals surface area contributed by atoms with Gasteiger partial charge in [-0.05, 0) is 32.1 Å². The second-order valence-electron chi connectivity index (χ2n) is 5.25. The molecule has 1 saturated heterocycles. The summed E-state index contributed by atoms with van der Waals surface area (Å²) in [5.41, 5.74) is 5.95. The minimum Gasteiger partial charge on any atom is -0.379 e. The van der Waals surface area contributed by atoms with E-state index in [1.54, 1.807) is 0 Å². The summed E-state index contributed by atoms with van der Waals surface area (Å²) in [5, 5.41) is 3.93. The third-order valence-corrected chi connectivity index (χ3v) is 3.42. The predicted molar refractivity (Wildman–Crippen MR) is 74.2 cm³/mol. The molecule has 1 aromatic heterocycles. The van der Waals surface area contributed by atoms with Gasteiger partial charge in [0.2, 0.25) is 5.89 Å². The van der Waals surface area contributed by atoms with E-state index in [1.807, 2.05) is 0 Å². The van der Waals surface area contributed by atoms with E-state index in [2.05, 4.69) is 17.1 Å². The van der Waals surface area contributed by atoms with Crippen molar-refractivity contribution < 1.29 is 14.0 Å². The van der Waals surface area contributed by atoms with E-state index in [0.29, 0.717) is 31.0 Å². The number of hydrogen-bond acceptors (Lipinski definition) is 6. The second-order valence-corrected chi connectivity index (χ2v) is 5.25. The van der Waals surface area contributed by atoms with Gasteiger partial charge in [0.25, 0.3) is 0 Å². The Morgan fingerprint density at radius 1 is 1.45 bits per heavy atom. The molecule has 6 heteroatoms. The number of hydrogen-bond donors (Lipinski definition) is 1. The fourth-order valence-electron chi connectivity index (χ4n) is 2.27. The molecule has 0 aliphatic carbocycles. The van der Waals surface area contributed by atoms with Crippen molar-refractivity contribution in [3.63, 3.8) is 0 Å². The zero-order chi connectivity index (χ0) is 14.2.